The van der Waals surface area contributed by atoms with Crippen LogP contribution >= 0.6 is 11.3 Å². The van der Waals surface area contributed by atoms with Crippen LogP contribution in [0.4, 0.5) is 5.69 Å². The molecule has 0 radical (unpaired) electrons. The molecule has 1 aromatic heterocycles. The van der Waals surface area contributed by atoms with Gasteiger partial charge in [0.25, 0.3) is 0 Å². The monoisotopic (exact) mass is 351 g/mol. The quantitative estimate of drug-likeness (QED) is 0.710. The van der Waals surface area contributed by atoms with Gasteiger partial charge in [-0.25, -0.2) is 4.98 Å². The number of carbonyl (C=O) groups excluding carboxylic acids is 1. The van der Waals surface area contributed by atoms with Crippen molar-refractivity contribution in [2.45, 2.75) is 18.9 Å². The first-order valence-electron chi connectivity index (χ1n) is 8.63. The van der Waals surface area contributed by atoms with Crippen molar-refractivity contribution in [2.75, 3.05) is 25.0 Å². The summed E-state index contributed by atoms with van der Waals surface area (Å²) in [7, 11) is 1.85. The van der Waals surface area contributed by atoms with Crippen molar-refractivity contribution in [3.05, 3.63) is 59.6 Å². The van der Waals surface area contributed by atoms with Crippen LogP contribution in [0.25, 0.3) is 10.2 Å². The van der Waals surface area contributed by atoms with Gasteiger partial charge in [0.1, 0.15) is 5.01 Å². The fourth-order valence-electron chi connectivity index (χ4n) is 3.40. The summed E-state index contributed by atoms with van der Waals surface area (Å²) < 4.78 is 1.22. The summed E-state index contributed by atoms with van der Waals surface area (Å²) in [4.78, 5) is 21.5. The Hall–Kier alpha value is -2.24. The molecule has 1 unspecified atom stereocenters. The van der Waals surface area contributed by atoms with Crippen LogP contribution in [0.3, 0.4) is 0 Å². The minimum absolute atomic E-state index is 0.124. The molecule has 1 fully saturated rings. The maximum absolute atomic E-state index is 12.7. The normalized spacial score (nSPS) is 17.9. The summed E-state index contributed by atoms with van der Waals surface area (Å²) in [5.74, 6) is 0.124. The number of hydrogen-bond donors (Lipinski definition) is 0. The van der Waals surface area contributed by atoms with Crippen LogP contribution < -0.4 is 4.90 Å². The fourth-order valence-corrected chi connectivity index (χ4v) is 4.54. The van der Waals surface area contributed by atoms with E-state index in [1.54, 1.807) is 16.2 Å². The zero-order valence-corrected chi connectivity index (χ0v) is 15.1. The van der Waals surface area contributed by atoms with Gasteiger partial charge in [0, 0.05) is 12.7 Å². The van der Waals surface area contributed by atoms with Crippen LogP contribution in [0.15, 0.2) is 54.6 Å². The molecule has 3 aromatic rings. The number of fused-ring (bicyclic) bond motifs is 1. The molecular weight excluding hydrogens is 330 g/mol. The van der Waals surface area contributed by atoms with E-state index in [2.05, 4.69) is 23.1 Å². The van der Waals surface area contributed by atoms with Crippen LogP contribution in [-0.2, 0) is 4.79 Å². The number of nitrogens with zero attached hydrogens (tertiary/aromatic N) is 3. The molecular formula is C20H21N3OS. The number of aromatic nitrogens is 1. The van der Waals surface area contributed by atoms with E-state index in [-0.39, 0.29) is 11.9 Å². The predicted octanol–water partition coefficient (Wildman–Crippen LogP) is 4.10. The maximum atomic E-state index is 12.7. The van der Waals surface area contributed by atoms with Gasteiger partial charge in [0.2, 0.25) is 5.91 Å². The lowest BCUT2D eigenvalue weighted by molar-refractivity contribution is -0.119. The lowest BCUT2D eigenvalue weighted by atomic mass is 10.2. The Bertz CT molecular complexity index is 844. The standard InChI is InChI=1S/C20H21N3OS/c1-22(15-8-3-2-4-9-15)19(24)14-23-13-7-11-17(23)20-21-16-10-5-6-12-18(16)25-20/h2-6,8-10,12,17H,7,11,13-14H2,1H3. The van der Waals surface area contributed by atoms with Crippen molar-refractivity contribution in [2.24, 2.45) is 0 Å². The van der Waals surface area contributed by atoms with Gasteiger partial charge in [0.15, 0.2) is 0 Å². The molecule has 1 aliphatic heterocycles. The molecule has 2 heterocycles. The third-order valence-electron chi connectivity index (χ3n) is 4.82. The Morgan fingerprint density at radius 1 is 1.20 bits per heavy atom. The van der Waals surface area contributed by atoms with Gasteiger partial charge in [-0.05, 0) is 43.7 Å². The number of para-hydroxylation sites is 2. The number of thiazole rings is 1. The minimum atomic E-state index is 0.124. The number of hydrogen-bond acceptors (Lipinski definition) is 4. The van der Waals surface area contributed by atoms with Crippen LogP contribution in [0, 0.1) is 0 Å². The highest BCUT2D eigenvalue weighted by Gasteiger charge is 2.30. The maximum Gasteiger partial charge on any atom is 0.240 e. The number of likely N-dealkylation sites (tertiary alicyclic amines) is 1. The molecule has 1 amide bonds. The van der Waals surface area contributed by atoms with E-state index < -0.39 is 0 Å². The SMILES string of the molecule is CN(C(=O)CN1CCCC1c1nc2ccccc2s1)c1ccccc1. The van der Waals surface area contributed by atoms with Gasteiger partial charge in [-0.2, -0.15) is 0 Å². The van der Waals surface area contributed by atoms with Crippen LogP contribution in [-0.4, -0.2) is 35.9 Å². The van der Waals surface area contributed by atoms with Crippen molar-refractivity contribution >= 4 is 33.1 Å². The van der Waals surface area contributed by atoms with Crippen molar-refractivity contribution in [3.8, 4) is 0 Å². The summed E-state index contributed by atoms with van der Waals surface area (Å²) in [5, 5.41) is 1.13. The first-order chi connectivity index (χ1) is 12.2. The predicted molar refractivity (Wildman–Crippen MR) is 103 cm³/mol. The molecule has 128 valence electrons. The number of anilines is 1. The highest BCUT2D eigenvalue weighted by molar-refractivity contribution is 7.18. The molecule has 0 aliphatic carbocycles. The zero-order valence-electron chi connectivity index (χ0n) is 14.3. The molecule has 4 rings (SSSR count). The lowest BCUT2D eigenvalue weighted by Gasteiger charge is -2.25. The van der Waals surface area contributed by atoms with Gasteiger partial charge in [-0.3, -0.25) is 9.69 Å². The van der Waals surface area contributed by atoms with Crippen LogP contribution in [0.2, 0.25) is 0 Å². The second-order valence-electron chi connectivity index (χ2n) is 6.44. The number of benzene rings is 2. The van der Waals surface area contributed by atoms with E-state index in [1.165, 1.54) is 4.70 Å². The minimum Gasteiger partial charge on any atom is -0.314 e. The van der Waals surface area contributed by atoms with Crippen molar-refractivity contribution in [1.29, 1.82) is 0 Å². The van der Waals surface area contributed by atoms with E-state index in [0.717, 1.165) is 35.6 Å². The summed E-state index contributed by atoms with van der Waals surface area (Å²) in [6, 6.07) is 18.3. The molecule has 0 bridgehead atoms. The van der Waals surface area contributed by atoms with E-state index in [0.29, 0.717) is 6.54 Å². The summed E-state index contributed by atoms with van der Waals surface area (Å²) in [5.41, 5.74) is 1.99. The molecule has 25 heavy (non-hydrogen) atoms. The topological polar surface area (TPSA) is 36.4 Å². The smallest absolute Gasteiger partial charge is 0.240 e. The largest absolute Gasteiger partial charge is 0.314 e. The second kappa shape index (κ2) is 6.94. The van der Waals surface area contributed by atoms with Crippen LogP contribution in [0.5, 0.6) is 0 Å². The number of likely N-dealkylation sites (N-methyl/N-ethyl adjacent to an activating group) is 1. The Balaban J connectivity index is 1.50. The fraction of sp³-hybridized carbons (Fsp3) is 0.300. The molecule has 4 nitrogen and oxygen atoms in total. The average Bonchev–Trinajstić information content (AvgIpc) is 3.27. The molecule has 1 saturated heterocycles. The first-order valence-corrected chi connectivity index (χ1v) is 9.45. The number of rotatable bonds is 4. The molecule has 1 atom stereocenters. The summed E-state index contributed by atoms with van der Waals surface area (Å²) in [6.45, 7) is 1.39. The molecule has 0 saturated carbocycles. The van der Waals surface area contributed by atoms with Gasteiger partial charge in [-0.15, -0.1) is 11.3 Å². The molecule has 1 aliphatic rings. The molecule has 5 heteroatoms. The summed E-state index contributed by atoms with van der Waals surface area (Å²) in [6.07, 6.45) is 2.19. The van der Waals surface area contributed by atoms with E-state index in [4.69, 9.17) is 4.98 Å². The van der Waals surface area contributed by atoms with Crippen LogP contribution in [0.1, 0.15) is 23.9 Å². The highest BCUT2D eigenvalue weighted by Crippen LogP contribution is 2.36. The third kappa shape index (κ3) is 3.30. The van der Waals surface area contributed by atoms with Gasteiger partial charge < -0.3 is 4.90 Å². The van der Waals surface area contributed by atoms with Crippen molar-refractivity contribution in [3.63, 3.8) is 0 Å². The van der Waals surface area contributed by atoms with E-state index in [1.807, 2.05) is 43.4 Å². The molecule has 0 spiro atoms. The Kier molecular flexibility index (Phi) is 4.51. The highest BCUT2D eigenvalue weighted by atomic mass is 32.1. The van der Waals surface area contributed by atoms with Gasteiger partial charge in [0.05, 0.1) is 22.8 Å². The van der Waals surface area contributed by atoms with Crippen molar-refractivity contribution in [1.82, 2.24) is 9.88 Å². The number of amides is 1. The van der Waals surface area contributed by atoms with E-state index >= 15 is 0 Å². The second-order valence-corrected chi connectivity index (χ2v) is 7.50. The lowest BCUT2D eigenvalue weighted by Crippen LogP contribution is -2.38. The van der Waals surface area contributed by atoms with Gasteiger partial charge in [-0.1, -0.05) is 30.3 Å². The van der Waals surface area contributed by atoms with Gasteiger partial charge >= 0.3 is 0 Å². The molecule has 2 aromatic carbocycles. The summed E-state index contributed by atoms with van der Waals surface area (Å²) >= 11 is 1.75. The average molecular weight is 351 g/mol. The Morgan fingerprint density at radius 3 is 2.76 bits per heavy atom. The Labute approximate surface area is 151 Å². The number of carbonyl (C=O) groups is 1. The molecule has 0 N–H and O–H groups in total. The first kappa shape index (κ1) is 16.2. The van der Waals surface area contributed by atoms with E-state index in [9.17, 15) is 4.79 Å². The zero-order chi connectivity index (χ0) is 17.2. The van der Waals surface area contributed by atoms with Crippen molar-refractivity contribution < 1.29 is 4.79 Å². The third-order valence-corrected chi connectivity index (χ3v) is 5.95. The Morgan fingerprint density at radius 2 is 1.96 bits per heavy atom.